The van der Waals surface area contributed by atoms with Crippen LogP contribution in [0, 0.1) is 5.41 Å². The lowest BCUT2D eigenvalue weighted by atomic mass is 9.88. The Morgan fingerprint density at radius 2 is 2.18 bits per heavy atom. The molecule has 0 amide bonds. The van der Waals surface area contributed by atoms with E-state index in [1.807, 2.05) is 13.8 Å². The molecule has 4 nitrogen and oxygen atoms in total. The molecule has 0 atom stereocenters. The first-order valence-electron chi connectivity index (χ1n) is 3.51. The Bertz CT molecular complexity index is 143. The van der Waals surface area contributed by atoms with Crippen molar-refractivity contribution in [1.29, 1.82) is 0 Å². The number of ether oxygens (including phenoxy) is 1. The molecule has 0 fully saturated rings. The van der Waals surface area contributed by atoms with Crippen LogP contribution in [0.1, 0.15) is 20.3 Å². The SMILES string of the molecule is COCCC(C)(C)C(N)=NO. The van der Waals surface area contributed by atoms with E-state index in [-0.39, 0.29) is 11.3 Å². The van der Waals surface area contributed by atoms with Crippen LogP contribution in [0.3, 0.4) is 0 Å². The van der Waals surface area contributed by atoms with Gasteiger partial charge in [-0.3, -0.25) is 0 Å². The zero-order valence-corrected chi connectivity index (χ0v) is 7.29. The lowest BCUT2D eigenvalue weighted by Crippen LogP contribution is -2.32. The van der Waals surface area contributed by atoms with Crippen LogP contribution < -0.4 is 5.73 Å². The number of oxime groups is 1. The fraction of sp³-hybridized carbons (Fsp3) is 0.857. The number of rotatable bonds is 4. The van der Waals surface area contributed by atoms with Gasteiger partial charge in [-0.25, -0.2) is 0 Å². The normalized spacial score (nSPS) is 13.5. The smallest absolute Gasteiger partial charge is 0.144 e. The first kappa shape index (κ1) is 10.2. The first-order chi connectivity index (χ1) is 5.04. The van der Waals surface area contributed by atoms with E-state index in [1.54, 1.807) is 7.11 Å². The summed E-state index contributed by atoms with van der Waals surface area (Å²) in [5, 5.41) is 11.3. The van der Waals surface area contributed by atoms with Crippen molar-refractivity contribution in [3.63, 3.8) is 0 Å². The molecule has 0 radical (unpaired) electrons. The summed E-state index contributed by atoms with van der Waals surface area (Å²) in [5.41, 5.74) is 5.15. The summed E-state index contributed by atoms with van der Waals surface area (Å²) in [4.78, 5) is 0. The summed E-state index contributed by atoms with van der Waals surface area (Å²) in [6, 6.07) is 0. The molecular formula is C7H16N2O2. The molecule has 0 saturated heterocycles. The van der Waals surface area contributed by atoms with E-state index in [0.29, 0.717) is 6.61 Å². The molecule has 4 heteroatoms. The Morgan fingerprint density at radius 1 is 1.64 bits per heavy atom. The van der Waals surface area contributed by atoms with Crippen molar-refractivity contribution in [2.45, 2.75) is 20.3 Å². The Morgan fingerprint density at radius 3 is 2.55 bits per heavy atom. The molecule has 0 aliphatic heterocycles. The van der Waals surface area contributed by atoms with Crippen LogP contribution in [0.2, 0.25) is 0 Å². The quantitative estimate of drug-likeness (QED) is 0.276. The topological polar surface area (TPSA) is 67.8 Å². The molecule has 11 heavy (non-hydrogen) atoms. The summed E-state index contributed by atoms with van der Waals surface area (Å²) in [6.45, 7) is 4.42. The van der Waals surface area contributed by atoms with Crippen molar-refractivity contribution in [3.8, 4) is 0 Å². The second-order valence-electron chi connectivity index (χ2n) is 3.11. The van der Waals surface area contributed by atoms with E-state index >= 15 is 0 Å². The van der Waals surface area contributed by atoms with Crippen LogP contribution >= 0.6 is 0 Å². The summed E-state index contributed by atoms with van der Waals surface area (Å²) < 4.78 is 4.88. The Hall–Kier alpha value is -0.770. The van der Waals surface area contributed by atoms with Crippen molar-refractivity contribution in [1.82, 2.24) is 0 Å². The van der Waals surface area contributed by atoms with Gasteiger partial charge in [0.2, 0.25) is 0 Å². The minimum absolute atomic E-state index is 0.245. The van der Waals surface area contributed by atoms with Gasteiger partial charge in [0, 0.05) is 19.1 Å². The molecule has 0 aromatic heterocycles. The van der Waals surface area contributed by atoms with Crippen molar-refractivity contribution in [2.75, 3.05) is 13.7 Å². The Balaban J connectivity index is 3.99. The van der Waals surface area contributed by atoms with E-state index in [4.69, 9.17) is 15.7 Å². The predicted molar refractivity (Wildman–Crippen MR) is 43.7 cm³/mol. The minimum atomic E-state index is -0.287. The average molecular weight is 160 g/mol. The summed E-state index contributed by atoms with van der Waals surface area (Å²) in [7, 11) is 1.63. The van der Waals surface area contributed by atoms with Crippen molar-refractivity contribution in [3.05, 3.63) is 0 Å². The van der Waals surface area contributed by atoms with Gasteiger partial charge in [-0.2, -0.15) is 0 Å². The standard InChI is InChI=1S/C7H16N2O2/c1-7(2,4-5-11-3)6(8)9-10/h10H,4-5H2,1-3H3,(H2,8,9). The molecule has 0 unspecified atom stereocenters. The highest BCUT2D eigenvalue weighted by atomic mass is 16.5. The molecule has 66 valence electrons. The summed E-state index contributed by atoms with van der Waals surface area (Å²) in [5.74, 6) is 0.245. The number of hydrogen-bond donors (Lipinski definition) is 2. The Labute approximate surface area is 67.0 Å². The zero-order valence-electron chi connectivity index (χ0n) is 7.29. The van der Waals surface area contributed by atoms with E-state index in [0.717, 1.165) is 6.42 Å². The summed E-state index contributed by atoms with van der Waals surface area (Å²) >= 11 is 0. The lowest BCUT2D eigenvalue weighted by Gasteiger charge is -2.21. The molecule has 0 bridgehead atoms. The highest BCUT2D eigenvalue weighted by Gasteiger charge is 2.22. The van der Waals surface area contributed by atoms with Crippen LogP contribution in [0.4, 0.5) is 0 Å². The van der Waals surface area contributed by atoms with Crippen LogP contribution in [0.15, 0.2) is 5.16 Å². The third-order valence-electron chi connectivity index (χ3n) is 1.73. The van der Waals surface area contributed by atoms with Crippen LogP contribution in [-0.2, 0) is 4.74 Å². The van der Waals surface area contributed by atoms with E-state index < -0.39 is 0 Å². The third kappa shape index (κ3) is 3.23. The largest absolute Gasteiger partial charge is 0.409 e. The molecule has 0 aliphatic rings. The molecule has 0 saturated carbocycles. The van der Waals surface area contributed by atoms with Gasteiger partial charge in [-0.1, -0.05) is 19.0 Å². The minimum Gasteiger partial charge on any atom is -0.409 e. The highest BCUT2D eigenvalue weighted by Crippen LogP contribution is 2.19. The van der Waals surface area contributed by atoms with E-state index in [2.05, 4.69) is 5.16 Å². The highest BCUT2D eigenvalue weighted by molar-refractivity contribution is 5.85. The maximum atomic E-state index is 8.39. The molecule has 0 aromatic carbocycles. The van der Waals surface area contributed by atoms with E-state index in [1.165, 1.54) is 0 Å². The van der Waals surface area contributed by atoms with Gasteiger partial charge >= 0.3 is 0 Å². The number of hydrogen-bond acceptors (Lipinski definition) is 3. The van der Waals surface area contributed by atoms with Gasteiger partial charge in [0.1, 0.15) is 5.84 Å². The molecule has 0 rings (SSSR count). The van der Waals surface area contributed by atoms with Crippen LogP contribution in [0.5, 0.6) is 0 Å². The Kier molecular flexibility index (Phi) is 3.89. The number of nitrogens with zero attached hydrogens (tertiary/aromatic N) is 1. The second kappa shape index (κ2) is 4.18. The van der Waals surface area contributed by atoms with Crippen LogP contribution in [0.25, 0.3) is 0 Å². The monoisotopic (exact) mass is 160 g/mol. The lowest BCUT2D eigenvalue weighted by molar-refractivity contribution is 0.171. The summed E-state index contributed by atoms with van der Waals surface area (Å²) in [6.07, 6.45) is 0.749. The van der Waals surface area contributed by atoms with Gasteiger partial charge in [-0.05, 0) is 6.42 Å². The number of nitrogens with two attached hydrogens (primary N) is 1. The number of methoxy groups -OCH3 is 1. The maximum Gasteiger partial charge on any atom is 0.144 e. The first-order valence-corrected chi connectivity index (χ1v) is 3.51. The average Bonchev–Trinajstić information content (AvgIpc) is 1.99. The van der Waals surface area contributed by atoms with Gasteiger partial charge in [0.15, 0.2) is 0 Å². The van der Waals surface area contributed by atoms with Crippen molar-refractivity contribution < 1.29 is 9.94 Å². The molecule has 3 N–H and O–H groups in total. The van der Waals surface area contributed by atoms with Gasteiger partial charge < -0.3 is 15.7 Å². The van der Waals surface area contributed by atoms with Crippen molar-refractivity contribution in [2.24, 2.45) is 16.3 Å². The molecule has 0 aromatic rings. The van der Waals surface area contributed by atoms with Crippen molar-refractivity contribution >= 4 is 5.84 Å². The predicted octanol–water partition coefficient (Wildman–Crippen LogP) is 0.796. The molecule has 0 heterocycles. The van der Waals surface area contributed by atoms with E-state index in [9.17, 15) is 0 Å². The number of amidine groups is 1. The fourth-order valence-corrected chi connectivity index (χ4v) is 0.621. The molecular weight excluding hydrogens is 144 g/mol. The maximum absolute atomic E-state index is 8.39. The van der Waals surface area contributed by atoms with Crippen LogP contribution in [-0.4, -0.2) is 24.8 Å². The van der Waals surface area contributed by atoms with Gasteiger partial charge in [-0.15, -0.1) is 0 Å². The molecule has 0 spiro atoms. The fourth-order valence-electron chi connectivity index (χ4n) is 0.621. The third-order valence-corrected chi connectivity index (χ3v) is 1.73. The van der Waals surface area contributed by atoms with Gasteiger partial charge in [0.05, 0.1) is 0 Å². The van der Waals surface area contributed by atoms with Gasteiger partial charge in [0.25, 0.3) is 0 Å². The zero-order chi connectivity index (χ0) is 8.91. The second-order valence-corrected chi connectivity index (χ2v) is 3.11. The molecule has 0 aliphatic carbocycles.